The molecule has 0 saturated carbocycles. The molecule has 0 aliphatic heterocycles. The van der Waals surface area contributed by atoms with Gasteiger partial charge in [-0.05, 0) is 37.1 Å². The molecule has 0 aliphatic rings. The first-order valence-corrected chi connectivity index (χ1v) is 4.13. The molecule has 0 heterocycles. The van der Waals surface area contributed by atoms with Crippen LogP contribution in [0.25, 0.3) is 0 Å². The molecule has 0 fully saturated rings. The molecular formula is C11H12O2. The molecule has 0 atom stereocenters. The Hall–Kier alpha value is -1.62. The zero-order valence-corrected chi connectivity index (χ0v) is 7.83. The predicted molar refractivity (Wildman–Crippen MR) is 51.5 cm³/mol. The van der Waals surface area contributed by atoms with Gasteiger partial charge in [0, 0.05) is 5.56 Å². The molecule has 68 valence electrons. The summed E-state index contributed by atoms with van der Waals surface area (Å²) in [5.74, 6) is 3.70. The van der Waals surface area contributed by atoms with Gasteiger partial charge in [-0.3, -0.25) is 0 Å². The third kappa shape index (κ3) is 3.08. The van der Waals surface area contributed by atoms with E-state index in [1.807, 2.05) is 31.2 Å². The van der Waals surface area contributed by atoms with Gasteiger partial charge in [-0.15, -0.1) is 0 Å². The molecular weight excluding hydrogens is 164 g/mol. The topological polar surface area (TPSA) is 18.5 Å². The van der Waals surface area contributed by atoms with Crippen LogP contribution in [0.4, 0.5) is 0 Å². The molecule has 0 unspecified atom stereocenters. The second-order valence-corrected chi connectivity index (χ2v) is 2.39. The number of hydrogen-bond acceptors (Lipinski definition) is 2. The first-order valence-electron chi connectivity index (χ1n) is 4.13. The summed E-state index contributed by atoms with van der Waals surface area (Å²) in [5.41, 5.74) is 0.925. The fourth-order valence-corrected chi connectivity index (χ4v) is 0.842. The fraction of sp³-hybridized carbons (Fsp3) is 0.273. The zero-order chi connectivity index (χ0) is 9.52. The molecule has 0 aromatic heterocycles. The van der Waals surface area contributed by atoms with Crippen molar-refractivity contribution in [2.24, 2.45) is 0 Å². The summed E-state index contributed by atoms with van der Waals surface area (Å²) in [6.45, 7) is 2.52. The lowest BCUT2D eigenvalue weighted by molar-refractivity contribution is 0.299. The molecule has 2 heteroatoms. The second-order valence-electron chi connectivity index (χ2n) is 2.39. The van der Waals surface area contributed by atoms with Crippen LogP contribution in [0.15, 0.2) is 24.3 Å². The lowest BCUT2D eigenvalue weighted by Gasteiger charge is -1.97. The van der Waals surface area contributed by atoms with Gasteiger partial charge in [0.1, 0.15) is 11.9 Å². The Labute approximate surface area is 78.5 Å². The highest BCUT2D eigenvalue weighted by Crippen LogP contribution is 2.09. The average molecular weight is 176 g/mol. The summed E-state index contributed by atoms with van der Waals surface area (Å²) in [4.78, 5) is 0. The molecule has 0 aliphatic carbocycles. The first-order chi connectivity index (χ1) is 6.36. The van der Waals surface area contributed by atoms with Gasteiger partial charge in [-0.2, -0.15) is 0 Å². The molecule has 0 spiro atoms. The van der Waals surface area contributed by atoms with Crippen molar-refractivity contribution in [2.75, 3.05) is 13.7 Å². The minimum absolute atomic E-state index is 0.614. The largest absolute Gasteiger partial charge is 0.497 e. The summed E-state index contributed by atoms with van der Waals surface area (Å²) < 4.78 is 9.92. The molecule has 0 amide bonds. The Morgan fingerprint density at radius 2 is 1.92 bits per heavy atom. The number of ether oxygens (including phenoxy) is 2. The van der Waals surface area contributed by atoms with Crippen LogP contribution in [0.3, 0.4) is 0 Å². The Balaban J connectivity index is 2.65. The van der Waals surface area contributed by atoms with Crippen molar-refractivity contribution in [3.63, 3.8) is 0 Å². The Morgan fingerprint density at radius 1 is 1.23 bits per heavy atom. The minimum atomic E-state index is 0.614. The van der Waals surface area contributed by atoms with E-state index in [1.54, 1.807) is 7.11 Å². The molecule has 2 nitrogen and oxygen atoms in total. The third-order valence-corrected chi connectivity index (χ3v) is 1.50. The first kappa shape index (κ1) is 9.47. The van der Waals surface area contributed by atoms with E-state index < -0.39 is 0 Å². The number of rotatable bonds is 2. The normalized spacial score (nSPS) is 8.46. The van der Waals surface area contributed by atoms with E-state index in [-0.39, 0.29) is 0 Å². The molecule has 13 heavy (non-hydrogen) atoms. The molecule has 0 N–H and O–H groups in total. The summed E-state index contributed by atoms with van der Waals surface area (Å²) in [6, 6.07) is 7.53. The zero-order valence-electron chi connectivity index (χ0n) is 7.83. The van der Waals surface area contributed by atoms with Gasteiger partial charge in [0.2, 0.25) is 0 Å². The van der Waals surface area contributed by atoms with Gasteiger partial charge in [-0.1, -0.05) is 0 Å². The Kier molecular flexibility index (Phi) is 3.72. The minimum Gasteiger partial charge on any atom is -0.497 e. The van der Waals surface area contributed by atoms with Crippen molar-refractivity contribution in [2.45, 2.75) is 6.92 Å². The SMILES string of the molecule is CCOC#Cc1ccc(OC)cc1. The van der Waals surface area contributed by atoms with E-state index in [0.29, 0.717) is 6.61 Å². The Bertz CT molecular complexity index is 303. The van der Waals surface area contributed by atoms with Crippen molar-refractivity contribution in [1.82, 2.24) is 0 Å². The highest BCUT2D eigenvalue weighted by molar-refractivity contribution is 5.37. The summed E-state index contributed by atoms with van der Waals surface area (Å²) in [7, 11) is 1.64. The lowest BCUT2D eigenvalue weighted by atomic mass is 10.2. The average Bonchev–Trinajstić information content (AvgIpc) is 2.19. The fourth-order valence-electron chi connectivity index (χ4n) is 0.842. The van der Waals surface area contributed by atoms with Gasteiger partial charge in [-0.25, -0.2) is 0 Å². The summed E-state index contributed by atoms with van der Waals surface area (Å²) >= 11 is 0. The van der Waals surface area contributed by atoms with Gasteiger partial charge < -0.3 is 9.47 Å². The number of hydrogen-bond donors (Lipinski definition) is 0. The van der Waals surface area contributed by atoms with Crippen molar-refractivity contribution in [3.8, 4) is 17.8 Å². The smallest absolute Gasteiger partial charge is 0.118 e. The van der Waals surface area contributed by atoms with Gasteiger partial charge in [0.15, 0.2) is 0 Å². The number of benzene rings is 1. The van der Waals surface area contributed by atoms with E-state index >= 15 is 0 Å². The van der Waals surface area contributed by atoms with Crippen LogP contribution in [-0.4, -0.2) is 13.7 Å². The second kappa shape index (κ2) is 5.10. The molecule has 0 radical (unpaired) electrons. The van der Waals surface area contributed by atoms with Crippen LogP contribution in [-0.2, 0) is 4.74 Å². The van der Waals surface area contributed by atoms with Gasteiger partial charge >= 0.3 is 0 Å². The van der Waals surface area contributed by atoms with Crippen molar-refractivity contribution >= 4 is 0 Å². The van der Waals surface area contributed by atoms with Gasteiger partial charge in [0.05, 0.1) is 13.7 Å². The highest BCUT2D eigenvalue weighted by Gasteiger charge is 1.89. The number of methoxy groups -OCH3 is 1. The summed E-state index contributed by atoms with van der Waals surface area (Å²) in [5, 5.41) is 0. The van der Waals surface area contributed by atoms with E-state index in [0.717, 1.165) is 11.3 Å². The van der Waals surface area contributed by atoms with Crippen LogP contribution >= 0.6 is 0 Å². The lowest BCUT2D eigenvalue weighted by Crippen LogP contribution is -1.82. The van der Waals surface area contributed by atoms with E-state index in [1.165, 1.54) is 0 Å². The van der Waals surface area contributed by atoms with Crippen molar-refractivity contribution < 1.29 is 9.47 Å². The molecule has 1 aromatic rings. The monoisotopic (exact) mass is 176 g/mol. The van der Waals surface area contributed by atoms with Crippen molar-refractivity contribution in [3.05, 3.63) is 29.8 Å². The molecule has 0 bridgehead atoms. The van der Waals surface area contributed by atoms with E-state index in [9.17, 15) is 0 Å². The maximum absolute atomic E-state index is 5.02. The highest BCUT2D eigenvalue weighted by atomic mass is 16.5. The molecule has 1 rings (SSSR count). The van der Waals surface area contributed by atoms with Crippen LogP contribution in [0.5, 0.6) is 5.75 Å². The van der Waals surface area contributed by atoms with E-state index in [4.69, 9.17) is 9.47 Å². The standard InChI is InChI=1S/C11H12O2/c1-3-13-9-8-10-4-6-11(12-2)7-5-10/h4-7H,3H2,1-2H3. The van der Waals surface area contributed by atoms with Crippen molar-refractivity contribution in [1.29, 1.82) is 0 Å². The Morgan fingerprint density at radius 3 is 2.46 bits per heavy atom. The molecule has 0 saturated heterocycles. The maximum atomic E-state index is 5.02. The van der Waals surface area contributed by atoms with Gasteiger partial charge in [0.25, 0.3) is 0 Å². The van der Waals surface area contributed by atoms with Crippen LogP contribution in [0, 0.1) is 12.0 Å². The van der Waals surface area contributed by atoms with Crippen LogP contribution in [0.1, 0.15) is 12.5 Å². The summed E-state index contributed by atoms with van der Waals surface area (Å²) in [6.07, 6.45) is 2.60. The van der Waals surface area contributed by atoms with Crippen LogP contribution < -0.4 is 4.74 Å². The predicted octanol–water partition coefficient (Wildman–Crippen LogP) is 2.04. The van der Waals surface area contributed by atoms with Crippen LogP contribution in [0.2, 0.25) is 0 Å². The quantitative estimate of drug-likeness (QED) is 0.642. The maximum Gasteiger partial charge on any atom is 0.118 e. The molecule has 1 aromatic carbocycles. The third-order valence-electron chi connectivity index (χ3n) is 1.50. The van der Waals surface area contributed by atoms with E-state index in [2.05, 4.69) is 12.0 Å².